The van der Waals surface area contributed by atoms with Crippen molar-refractivity contribution in [1.29, 1.82) is 0 Å². The van der Waals surface area contributed by atoms with Crippen LogP contribution in [0.25, 0.3) is 0 Å². The molecule has 0 aliphatic carbocycles. The zero-order valence-electron chi connectivity index (χ0n) is 8.66. The standard InChI is InChI=1S/C11H13ClO3/c1-11(2,14)7-15-10-5-3-4-9(12)8(10)6-13/h3-6,14H,7H2,1-2H3. The molecular weight excluding hydrogens is 216 g/mol. The van der Waals surface area contributed by atoms with E-state index < -0.39 is 5.60 Å². The van der Waals surface area contributed by atoms with Gasteiger partial charge in [0.05, 0.1) is 16.2 Å². The van der Waals surface area contributed by atoms with Crippen LogP contribution in [0.4, 0.5) is 0 Å². The molecule has 0 bridgehead atoms. The zero-order valence-corrected chi connectivity index (χ0v) is 9.41. The molecule has 1 aromatic rings. The molecule has 0 fully saturated rings. The summed E-state index contributed by atoms with van der Waals surface area (Å²) in [6.07, 6.45) is 0.641. The number of carbonyl (C=O) groups is 1. The van der Waals surface area contributed by atoms with Crippen LogP contribution in [0.2, 0.25) is 5.02 Å². The van der Waals surface area contributed by atoms with Crippen LogP contribution in [0, 0.1) is 0 Å². The van der Waals surface area contributed by atoms with Gasteiger partial charge < -0.3 is 9.84 Å². The van der Waals surface area contributed by atoms with E-state index in [1.807, 2.05) is 0 Å². The number of aliphatic hydroxyl groups is 1. The van der Waals surface area contributed by atoms with Crippen molar-refractivity contribution in [2.45, 2.75) is 19.4 Å². The van der Waals surface area contributed by atoms with Crippen LogP contribution in [0.1, 0.15) is 24.2 Å². The molecule has 0 saturated heterocycles. The van der Waals surface area contributed by atoms with Crippen LogP contribution in [-0.2, 0) is 0 Å². The average Bonchev–Trinajstić information content (AvgIpc) is 2.13. The molecule has 15 heavy (non-hydrogen) atoms. The minimum Gasteiger partial charge on any atom is -0.490 e. The monoisotopic (exact) mass is 228 g/mol. The molecule has 0 aliphatic heterocycles. The third-order valence-electron chi connectivity index (χ3n) is 1.71. The molecule has 1 aromatic carbocycles. The van der Waals surface area contributed by atoms with Crippen molar-refractivity contribution in [2.24, 2.45) is 0 Å². The Kier molecular flexibility index (Phi) is 3.72. The lowest BCUT2D eigenvalue weighted by Crippen LogP contribution is -2.28. The maximum absolute atomic E-state index is 10.7. The second kappa shape index (κ2) is 4.64. The molecule has 0 unspecified atom stereocenters. The van der Waals surface area contributed by atoms with Crippen molar-refractivity contribution in [3.8, 4) is 5.75 Å². The molecule has 4 heteroatoms. The minimum atomic E-state index is -0.942. The van der Waals surface area contributed by atoms with Crippen LogP contribution in [-0.4, -0.2) is 23.6 Å². The van der Waals surface area contributed by atoms with Crippen molar-refractivity contribution in [2.75, 3.05) is 6.61 Å². The molecule has 0 aromatic heterocycles. The molecule has 3 nitrogen and oxygen atoms in total. The topological polar surface area (TPSA) is 46.5 Å². The van der Waals surface area contributed by atoms with Crippen molar-refractivity contribution < 1.29 is 14.6 Å². The number of hydrogen-bond acceptors (Lipinski definition) is 3. The lowest BCUT2D eigenvalue weighted by atomic mass is 10.1. The van der Waals surface area contributed by atoms with E-state index >= 15 is 0 Å². The van der Waals surface area contributed by atoms with Gasteiger partial charge in [0.2, 0.25) is 0 Å². The predicted octanol–water partition coefficient (Wildman–Crippen LogP) is 2.30. The Morgan fingerprint density at radius 2 is 2.20 bits per heavy atom. The lowest BCUT2D eigenvalue weighted by molar-refractivity contribution is 0.0282. The second-order valence-corrected chi connectivity index (χ2v) is 4.28. The van der Waals surface area contributed by atoms with Gasteiger partial charge in [0.25, 0.3) is 0 Å². The van der Waals surface area contributed by atoms with E-state index in [0.717, 1.165) is 0 Å². The molecular formula is C11H13ClO3. The van der Waals surface area contributed by atoms with Crippen LogP contribution in [0.3, 0.4) is 0 Å². The Hall–Kier alpha value is -1.06. The summed E-state index contributed by atoms with van der Waals surface area (Å²) < 4.78 is 5.31. The van der Waals surface area contributed by atoms with E-state index in [1.165, 1.54) is 0 Å². The fourth-order valence-corrected chi connectivity index (χ4v) is 1.22. The number of aldehydes is 1. The molecule has 0 saturated carbocycles. The first-order valence-corrected chi connectivity index (χ1v) is 4.91. The number of carbonyl (C=O) groups excluding carboxylic acids is 1. The largest absolute Gasteiger partial charge is 0.490 e. The Bertz CT molecular complexity index is 355. The van der Waals surface area contributed by atoms with E-state index in [2.05, 4.69) is 0 Å². The third kappa shape index (κ3) is 3.53. The molecule has 82 valence electrons. The maximum atomic E-state index is 10.7. The van der Waals surface area contributed by atoms with Crippen LogP contribution < -0.4 is 4.74 Å². The van der Waals surface area contributed by atoms with Crippen molar-refractivity contribution in [1.82, 2.24) is 0 Å². The van der Waals surface area contributed by atoms with Gasteiger partial charge in [0, 0.05) is 0 Å². The van der Waals surface area contributed by atoms with Crippen LogP contribution >= 0.6 is 11.6 Å². The number of rotatable bonds is 4. The summed E-state index contributed by atoms with van der Waals surface area (Å²) in [7, 11) is 0. The summed E-state index contributed by atoms with van der Waals surface area (Å²) in [5.74, 6) is 0.389. The van der Waals surface area contributed by atoms with Crippen molar-refractivity contribution in [3.63, 3.8) is 0 Å². The summed E-state index contributed by atoms with van der Waals surface area (Å²) in [6.45, 7) is 3.35. The summed E-state index contributed by atoms with van der Waals surface area (Å²) >= 11 is 5.81. The first-order chi connectivity index (χ1) is 6.94. The van der Waals surface area contributed by atoms with Gasteiger partial charge in [-0.3, -0.25) is 4.79 Å². The van der Waals surface area contributed by atoms with E-state index in [9.17, 15) is 9.90 Å². The van der Waals surface area contributed by atoms with Gasteiger partial charge >= 0.3 is 0 Å². The highest BCUT2D eigenvalue weighted by Crippen LogP contribution is 2.25. The first-order valence-electron chi connectivity index (χ1n) is 4.53. The van der Waals surface area contributed by atoms with Gasteiger partial charge in [-0.05, 0) is 26.0 Å². The van der Waals surface area contributed by atoms with E-state index in [0.29, 0.717) is 22.6 Å². The smallest absolute Gasteiger partial charge is 0.155 e. The molecule has 1 N–H and O–H groups in total. The number of ether oxygens (including phenoxy) is 1. The predicted molar refractivity (Wildman–Crippen MR) is 58.6 cm³/mol. The van der Waals surface area contributed by atoms with Gasteiger partial charge in [-0.2, -0.15) is 0 Å². The van der Waals surface area contributed by atoms with Gasteiger partial charge in [-0.25, -0.2) is 0 Å². The molecule has 0 radical (unpaired) electrons. The quantitative estimate of drug-likeness (QED) is 0.805. The van der Waals surface area contributed by atoms with E-state index in [4.69, 9.17) is 16.3 Å². The first kappa shape index (κ1) is 12.0. The summed E-state index contributed by atoms with van der Waals surface area (Å²) in [5, 5.41) is 9.81. The van der Waals surface area contributed by atoms with Crippen molar-refractivity contribution in [3.05, 3.63) is 28.8 Å². The molecule has 1 rings (SSSR count). The van der Waals surface area contributed by atoms with Crippen LogP contribution in [0.15, 0.2) is 18.2 Å². The lowest BCUT2D eigenvalue weighted by Gasteiger charge is -2.18. The Balaban J connectivity index is 2.85. The average molecular weight is 229 g/mol. The van der Waals surface area contributed by atoms with Gasteiger partial charge in [0.1, 0.15) is 12.4 Å². The molecule has 0 aliphatic rings. The normalized spacial score (nSPS) is 11.2. The zero-order chi connectivity index (χ0) is 11.5. The van der Waals surface area contributed by atoms with Gasteiger partial charge in [-0.15, -0.1) is 0 Å². The summed E-state index contributed by atoms with van der Waals surface area (Å²) in [5.41, 5.74) is -0.633. The molecule has 0 atom stereocenters. The fourth-order valence-electron chi connectivity index (χ4n) is 1.01. The Labute approximate surface area is 93.6 Å². The Morgan fingerprint density at radius 3 is 2.73 bits per heavy atom. The summed E-state index contributed by atoms with van der Waals surface area (Å²) in [6, 6.07) is 4.94. The molecule has 0 amide bonds. The third-order valence-corrected chi connectivity index (χ3v) is 2.04. The van der Waals surface area contributed by atoms with E-state index in [1.54, 1.807) is 32.0 Å². The maximum Gasteiger partial charge on any atom is 0.155 e. The van der Waals surface area contributed by atoms with Gasteiger partial charge in [-0.1, -0.05) is 17.7 Å². The fraction of sp³-hybridized carbons (Fsp3) is 0.364. The molecule has 0 heterocycles. The SMILES string of the molecule is CC(C)(O)COc1cccc(Cl)c1C=O. The second-order valence-electron chi connectivity index (χ2n) is 3.87. The minimum absolute atomic E-state index is 0.105. The molecule has 0 spiro atoms. The summed E-state index contributed by atoms with van der Waals surface area (Å²) in [4.78, 5) is 10.7. The number of halogens is 1. The highest BCUT2D eigenvalue weighted by molar-refractivity contribution is 6.33. The number of benzene rings is 1. The van der Waals surface area contributed by atoms with E-state index in [-0.39, 0.29) is 6.61 Å². The van der Waals surface area contributed by atoms with Crippen molar-refractivity contribution >= 4 is 17.9 Å². The number of hydrogen-bond donors (Lipinski definition) is 1. The highest BCUT2D eigenvalue weighted by atomic mass is 35.5. The van der Waals surface area contributed by atoms with Crippen LogP contribution in [0.5, 0.6) is 5.75 Å². The highest BCUT2D eigenvalue weighted by Gasteiger charge is 2.15. The Morgan fingerprint density at radius 1 is 1.53 bits per heavy atom. The van der Waals surface area contributed by atoms with Gasteiger partial charge in [0.15, 0.2) is 6.29 Å².